The Morgan fingerprint density at radius 2 is 1.70 bits per heavy atom. The van der Waals surface area contributed by atoms with Crippen molar-refractivity contribution in [3.8, 4) is 0 Å². The van der Waals surface area contributed by atoms with E-state index in [4.69, 9.17) is 0 Å². The Labute approximate surface area is 133 Å². The van der Waals surface area contributed by atoms with E-state index < -0.39 is 0 Å². The molecule has 0 bridgehead atoms. The molecule has 0 spiro atoms. The van der Waals surface area contributed by atoms with Gasteiger partial charge in [0.05, 0.1) is 5.69 Å². The van der Waals surface area contributed by atoms with Crippen LogP contribution in [0, 0.1) is 0 Å². The first-order valence-corrected chi connectivity index (χ1v) is 9.17. The molecule has 1 aromatic rings. The number of aromatic nitrogens is 1. The van der Waals surface area contributed by atoms with Gasteiger partial charge < -0.3 is 0 Å². The molecule has 2 nitrogen and oxygen atoms in total. The van der Waals surface area contributed by atoms with E-state index >= 15 is 0 Å². The van der Waals surface area contributed by atoms with Crippen molar-refractivity contribution in [1.29, 1.82) is 0 Å². The first kappa shape index (κ1) is 17.6. The van der Waals surface area contributed by atoms with Gasteiger partial charge in [-0.15, -0.1) is 0 Å². The zero-order valence-electron chi connectivity index (χ0n) is 12.9. The second kappa shape index (κ2) is 12.3. The monoisotopic (exact) mass is 340 g/mol. The van der Waals surface area contributed by atoms with Gasteiger partial charge >= 0.3 is 0 Å². The smallest absolute Gasteiger partial charge is 0.0543 e. The van der Waals surface area contributed by atoms with Crippen LogP contribution in [-0.4, -0.2) is 28.3 Å². The molecule has 1 heterocycles. The number of halogens is 1. The highest BCUT2D eigenvalue weighted by Gasteiger charge is 2.03. The van der Waals surface area contributed by atoms with E-state index in [1.165, 1.54) is 57.2 Å². The molecular formula is C17H29BrN2. The Morgan fingerprint density at radius 3 is 2.30 bits per heavy atom. The minimum Gasteiger partial charge on any atom is -0.298 e. The molecule has 0 saturated carbocycles. The zero-order valence-corrected chi connectivity index (χ0v) is 14.4. The lowest BCUT2D eigenvalue weighted by Crippen LogP contribution is -2.24. The molecular weight excluding hydrogens is 312 g/mol. The van der Waals surface area contributed by atoms with Crippen LogP contribution in [0.25, 0.3) is 0 Å². The quantitative estimate of drug-likeness (QED) is 0.392. The molecule has 0 aliphatic rings. The summed E-state index contributed by atoms with van der Waals surface area (Å²) in [5.41, 5.74) is 1.18. The van der Waals surface area contributed by atoms with Gasteiger partial charge in [-0.25, -0.2) is 0 Å². The van der Waals surface area contributed by atoms with Gasteiger partial charge in [0.25, 0.3) is 0 Å². The summed E-state index contributed by atoms with van der Waals surface area (Å²) < 4.78 is 0. The highest BCUT2D eigenvalue weighted by molar-refractivity contribution is 9.09. The first-order valence-electron chi connectivity index (χ1n) is 8.05. The third-order valence-electron chi connectivity index (χ3n) is 3.67. The molecule has 1 rings (SSSR count). The summed E-state index contributed by atoms with van der Waals surface area (Å²) in [4.78, 5) is 6.90. The van der Waals surface area contributed by atoms with Gasteiger partial charge in [0.2, 0.25) is 0 Å². The molecule has 0 aliphatic carbocycles. The molecule has 0 aromatic carbocycles. The van der Waals surface area contributed by atoms with Crippen LogP contribution in [0.3, 0.4) is 0 Å². The molecule has 3 heteroatoms. The number of rotatable bonds is 12. The highest BCUT2D eigenvalue weighted by atomic mass is 79.9. The van der Waals surface area contributed by atoms with Crippen LogP contribution in [0.1, 0.15) is 57.6 Å². The molecule has 0 saturated heterocycles. The van der Waals surface area contributed by atoms with Crippen LogP contribution in [-0.2, 0) is 6.54 Å². The van der Waals surface area contributed by atoms with Gasteiger partial charge in [-0.1, -0.05) is 61.0 Å². The number of nitrogens with zero attached hydrogens (tertiary/aromatic N) is 2. The fraction of sp³-hybridized carbons (Fsp3) is 0.706. The largest absolute Gasteiger partial charge is 0.298 e. The SMILES string of the molecule is CCN(CCCCCCCCCBr)Cc1ccccn1. The summed E-state index contributed by atoms with van der Waals surface area (Å²) in [6.45, 7) is 5.54. The van der Waals surface area contributed by atoms with Crippen LogP contribution >= 0.6 is 15.9 Å². The van der Waals surface area contributed by atoms with Crippen LogP contribution in [0.4, 0.5) is 0 Å². The molecule has 20 heavy (non-hydrogen) atoms. The molecule has 0 radical (unpaired) electrons. The molecule has 1 aromatic heterocycles. The van der Waals surface area contributed by atoms with E-state index in [0.717, 1.165) is 18.4 Å². The van der Waals surface area contributed by atoms with Gasteiger partial charge in [0, 0.05) is 18.1 Å². The van der Waals surface area contributed by atoms with Gasteiger partial charge in [-0.3, -0.25) is 9.88 Å². The number of hydrogen-bond acceptors (Lipinski definition) is 2. The van der Waals surface area contributed by atoms with E-state index in [1.807, 2.05) is 12.3 Å². The third-order valence-corrected chi connectivity index (χ3v) is 4.23. The summed E-state index contributed by atoms with van der Waals surface area (Å²) in [5, 5.41) is 1.16. The van der Waals surface area contributed by atoms with Crippen molar-refractivity contribution in [2.24, 2.45) is 0 Å². The molecule has 0 N–H and O–H groups in total. The fourth-order valence-corrected chi connectivity index (χ4v) is 2.78. The maximum absolute atomic E-state index is 4.41. The van der Waals surface area contributed by atoms with Crippen molar-refractivity contribution in [1.82, 2.24) is 9.88 Å². The molecule has 0 amide bonds. The maximum Gasteiger partial charge on any atom is 0.0543 e. The van der Waals surface area contributed by atoms with Gasteiger partial charge in [0.1, 0.15) is 0 Å². The van der Waals surface area contributed by atoms with E-state index in [0.29, 0.717) is 0 Å². The zero-order chi connectivity index (χ0) is 14.5. The average molecular weight is 341 g/mol. The molecule has 114 valence electrons. The van der Waals surface area contributed by atoms with Gasteiger partial charge in [-0.05, 0) is 38.1 Å². The predicted octanol–water partition coefficient (Wildman–Crippen LogP) is 5.03. The van der Waals surface area contributed by atoms with E-state index in [9.17, 15) is 0 Å². The molecule has 0 aliphatic heterocycles. The normalized spacial score (nSPS) is 11.2. The van der Waals surface area contributed by atoms with Crippen molar-refractivity contribution >= 4 is 15.9 Å². The average Bonchev–Trinajstić information content (AvgIpc) is 2.49. The number of unbranched alkanes of at least 4 members (excludes halogenated alkanes) is 6. The van der Waals surface area contributed by atoms with Crippen molar-refractivity contribution < 1.29 is 0 Å². The standard InChI is InChI=1S/C17H29BrN2/c1-2-20(16-17-12-8-10-14-19-17)15-11-7-5-3-4-6-9-13-18/h8,10,12,14H,2-7,9,11,13,15-16H2,1H3. The fourth-order valence-electron chi connectivity index (χ4n) is 2.38. The Bertz CT molecular complexity index is 316. The number of alkyl halides is 1. The van der Waals surface area contributed by atoms with E-state index in [1.54, 1.807) is 0 Å². The lowest BCUT2D eigenvalue weighted by Gasteiger charge is -2.19. The summed E-state index contributed by atoms with van der Waals surface area (Å²) >= 11 is 3.48. The van der Waals surface area contributed by atoms with Crippen molar-refractivity contribution in [2.45, 2.75) is 58.4 Å². The summed E-state index contributed by atoms with van der Waals surface area (Å²) in [6.07, 6.45) is 11.5. The minimum atomic E-state index is 0.989. The van der Waals surface area contributed by atoms with Crippen molar-refractivity contribution in [2.75, 3.05) is 18.4 Å². The third kappa shape index (κ3) is 8.70. The minimum absolute atomic E-state index is 0.989. The Kier molecular flexibility index (Phi) is 10.9. The van der Waals surface area contributed by atoms with E-state index in [-0.39, 0.29) is 0 Å². The van der Waals surface area contributed by atoms with Crippen LogP contribution < -0.4 is 0 Å². The van der Waals surface area contributed by atoms with Crippen molar-refractivity contribution in [3.05, 3.63) is 30.1 Å². The molecule has 0 fully saturated rings. The van der Waals surface area contributed by atoms with Crippen molar-refractivity contribution in [3.63, 3.8) is 0 Å². The summed E-state index contributed by atoms with van der Waals surface area (Å²) in [5.74, 6) is 0. The Balaban J connectivity index is 2.04. The predicted molar refractivity (Wildman–Crippen MR) is 91.3 cm³/mol. The topological polar surface area (TPSA) is 16.1 Å². The first-order chi connectivity index (χ1) is 9.86. The maximum atomic E-state index is 4.41. The van der Waals surface area contributed by atoms with Crippen LogP contribution in [0.15, 0.2) is 24.4 Å². The summed E-state index contributed by atoms with van der Waals surface area (Å²) in [7, 11) is 0. The molecule has 0 atom stereocenters. The lowest BCUT2D eigenvalue weighted by atomic mass is 10.1. The Hall–Kier alpha value is -0.410. The number of hydrogen-bond donors (Lipinski definition) is 0. The van der Waals surface area contributed by atoms with Gasteiger partial charge in [-0.2, -0.15) is 0 Å². The second-order valence-corrected chi connectivity index (χ2v) is 6.15. The molecule has 0 unspecified atom stereocenters. The lowest BCUT2D eigenvalue weighted by molar-refractivity contribution is 0.269. The van der Waals surface area contributed by atoms with Crippen LogP contribution in [0.2, 0.25) is 0 Å². The van der Waals surface area contributed by atoms with Crippen LogP contribution in [0.5, 0.6) is 0 Å². The van der Waals surface area contributed by atoms with E-state index in [2.05, 4.69) is 44.9 Å². The second-order valence-electron chi connectivity index (χ2n) is 5.35. The number of pyridine rings is 1. The summed E-state index contributed by atoms with van der Waals surface area (Å²) in [6, 6.07) is 6.17. The Morgan fingerprint density at radius 1 is 1.00 bits per heavy atom. The van der Waals surface area contributed by atoms with Gasteiger partial charge in [0.15, 0.2) is 0 Å². The highest BCUT2D eigenvalue weighted by Crippen LogP contribution is 2.09.